The second kappa shape index (κ2) is 3.50. The molecule has 2 aromatic rings. The van der Waals surface area contributed by atoms with Crippen LogP contribution in [0.4, 0.5) is 0 Å². The molecule has 2 N–H and O–H groups in total. The van der Waals surface area contributed by atoms with Crippen molar-refractivity contribution in [3.05, 3.63) is 40.3 Å². The van der Waals surface area contributed by atoms with E-state index in [1.54, 1.807) is 12.1 Å². The highest BCUT2D eigenvalue weighted by atomic mass is 17.1. The standard InChI is InChI=1S/C9H6N2O4/c12-8-5(9(13)15-14)4-7-6(11-8)2-1-3-10-7/h1-4,14H,(H,11,12). The molecule has 0 saturated carbocycles. The second-order valence-corrected chi connectivity index (χ2v) is 2.83. The molecule has 2 aromatic heterocycles. The summed E-state index contributed by atoms with van der Waals surface area (Å²) in [7, 11) is 0. The Bertz CT molecular complexity index is 576. The molecular weight excluding hydrogens is 200 g/mol. The largest absolute Gasteiger partial charge is 0.378 e. The number of nitrogens with one attached hydrogen (secondary N) is 1. The van der Waals surface area contributed by atoms with Crippen LogP contribution in [0.15, 0.2) is 29.2 Å². The molecule has 0 aliphatic rings. The average Bonchev–Trinajstić information content (AvgIpc) is 2.27. The zero-order valence-electron chi connectivity index (χ0n) is 7.43. The molecule has 0 spiro atoms. The SMILES string of the molecule is O=C(OO)c1cc2ncccc2[nH]c1=O. The quantitative estimate of drug-likeness (QED) is 0.525. The van der Waals surface area contributed by atoms with Crippen molar-refractivity contribution in [3.8, 4) is 0 Å². The first-order valence-corrected chi connectivity index (χ1v) is 4.06. The fourth-order valence-corrected chi connectivity index (χ4v) is 1.23. The number of H-pyrrole nitrogens is 1. The van der Waals surface area contributed by atoms with E-state index in [0.29, 0.717) is 11.0 Å². The Morgan fingerprint density at radius 1 is 1.53 bits per heavy atom. The molecule has 15 heavy (non-hydrogen) atoms. The third kappa shape index (κ3) is 1.57. The van der Waals surface area contributed by atoms with Gasteiger partial charge in [-0.25, -0.2) is 4.79 Å². The molecule has 0 bridgehead atoms. The number of pyridine rings is 2. The Morgan fingerprint density at radius 2 is 2.33 bits per heavy atom. The van der Waals surface area contributed by atoms with Crippen molar-refractivity contribution in [1.29, 1.82) is 0 Å². The number of aromatic nitrogens is 2. The molecule has 2 rings (SSSR count). The average molecular weight is 206 g/mol. The van der Waals surface area contributed by atoms with Crippen molar-refractivity contribution in [2.45, 2.75) is 0 Å². The number of carbonyl (C=O) groups is 1. The Kier molecular flexibility index (Phi) is 2.18. The smallest absolute Gasteiger partial charge is 0.320 e. The van der Waals surface area contributed by atoms with Gasteiger partial charge in [0, 0.05) is 6.20 Å². The first-order chi connectivity index (χ1) is 7.22. The van der Waals surface area contributed by atoms with Gasteiger partial charge in [-0.05, 0) is 18.2 Å². The predicted molar refractivity (Wildman–Crippen MR) is 50.4 cm³/mol. The fraction of sp³-hybridized carbons (Fsp3) is 0. The summed E-state index contributed by atoms with van der Waals surface area (Å²) in [4.78, 5) is 32.2. The van der Waals surface area contributed by atoms with Crippen LogP contribution in [0.3, 0.4) is 0 Å². The number of nitrogens with zero attached hydrogens (tertiary/aromatic N) is 1. The highest BCUT2D eigenvalue weighted by Crippen LogP contribution is 2.07. The van der Waals surface area contributed by atoms with Crippen molar-refractivity contribution in [2.75, 3.05) is 0 Å². The molecule has 2 heterocycles. The van der Waals surface area contributed by atoms with Crippen LogP contribution < -0.4 is 5.56 Å². The number of hydrogen-bond acceptors (Lipinski definition) is 5. The van der Waals surface area contributed by atoms with Gasteiger partial charge in [0.1, 0.15) is 5.56 Å². The lowest BCUT2D eigenvalue weighted by Gasteiger charge is -1.98. The van der Waals surface area contributed by atoms with Gasteiger partial charge < -0.3 is 4.98 Å². The number of carbonyl (C=O) groups excluding carboxylic acids is 1. The molecule has 6 heteroatoms. The summed E-state index contributed by atoms with van der Waals surface area (Å²) in [6, 6.07) is 4.56. The molecule has 6 nitrogen and oxygen atoms in total. The van der Waals surface area contributed by atoms with Crippen LogP contribution in [0.1, 0.15) is 10.4 Å². The molecule has 0 aliphatic heterocycles. The van der Waals surface area contributed by atoms with Gasteiger partial charge in [0.15, 0.2) is 0 Å². The van der Waals surface area contributed by atoms with Crippen LogP contribution in [0.25, 0.3) is 11.0 Å². The molecule has 0 atom stereocenters. The number of fused-ring (bicyclic) bond motifs is 1. The van der Waals surface area contributed by atoms with Gasteiger partial charge in [0.2, 0.25) is 0 Å². The Hall–Kier alpha value is -2.21. The van der Waals surface area contributed by atoms with E-state index in [-0.39, 0.29) is 5.56 Å². The third-order valence-electron chi connectivity index (χ3n) is 1.92. The summed E-state index contributed by atoms with van der Waals surface area (Å²) in [5.74, 6) is -1.11. The lowest BCUT2D eigenvalue weighted by atomic mass is 10.2. The van der Waals surface area contributed by atoms with E-state index < -0.39 is 11.5 Å². The van der Waals surface area contributed by atoms with Crippen molar-refractivity contribution in [3.63, 3.8) is 0 Å². The monoisotopic (exact) mass is 206 g/mol. The second-order valence-electron chi connectivity index (χ2n) is 2.83. The number of hydrogen-bond donors (Lipinski definition) is 2. The number of aromatic amines is 1. The normalized spacial score (nSPS) is 10.2. The molecule has 0 fully saturated rings. The van der Waals surface area contributed by atoms with Gasteiger partial charge >= 0.3 is 5.97 Å². The van der Waals surface area contributed by atoms with Crippen molar-refractivity contribution in [2.24, 2.45) is 0 Å². The van der Waals surface area contributed by atoms with E-state index in [4.69, 9.17) is 5.26 Å². The van der Waals surface area contributed by atoms with E-state index in [1.165, 1.54) is 12.3 Å². The summed E-state index contributed by atoms with van der Waals surface area (Å²) in [6.45, 7) is 0. The summed E-state index contributed by atoms with van der Waals surface area (Å²) in [5, 5.41) is 8.16. The Labute approximate surface area is 83.1 Å². The summed E-state index contributed by atoms with van der Waals surface area (Å²) in [6.07, 6.45) is 1.52. The topological polar surface area (TPSA) is 92.3 Å². The molecule has 0 aromatic carbocycles. The third-order valence-corrected chi connectivity index (χ3v) is 1.92. The molecule has 0 amide bonds. The van der Waals surface area contributed by atoms with Crippen LogP contribution >= 0.6 is 0 Å². The lowest BCUT2D eigenvalue weighted by molar-refractivity contribution is -0.182. The molecule has 0 aliphatic carbocycles. The van der Waals surface area contributed by atoms with Crippen molar-refractivity contribution in [1.82, 2.24) is 9.97 Å². The maximum atomic E-state index is 11.3. The van der Waals surface area contributed by atoms with Crippen LogP contribution in [0.5, 0.6) is 0 Å². The highest BCUT2D eigenvalue weighted by molar-refractivity contribution is 5.92. The zero-order chi connectivity index (χ0) is 10.8. The minimum absolute atomic E-state index is 0.288. The Balaban J connectivity index is 2.73. The van der Waals surface area contributed by atoms with Crippen LogP contribution in [0.2, 0.25) is 0 Å². The molecular formula is C9H6N2O4. The summed E-state index contributed by atoms with van der Waals surface area (Å²) >= 11 is 0. The van der Waals surface area contributed by atoms with Crippen molar-refractivity contribution >= 4 is 17.0 Å². The van der Waals surface area contributed by atoms with Gasteiger partial charge in [-0.3, -0.25) is 14.7 Å². The maximum absolute atomic E-state index is 11.3. The minimum atomic E-state index is -1.11. The molecule has 76 valence electrons. The predicted octanol–water partition coefficient (Wildman–Crippen LogP) is 0.553. The van der Waals surface area contributed by atoms with Crippen LogP contribution in [0, 0.1) is 0 Å². The van der Waals surface area contributed by atoms with Gasteiger partial charge in [0.25, 0.3) is 5.56 Å². The van der Waals surface area contributed by atoms with E-state index in [0.717, 1.165) is 0 Å². The van der Waals surface area contributed by atoms with Crippen molar-refractivity contribution < 1.29 is 14.9 Å². The van der Waals surface area contributed by atoms with E-state index >= 15 is 0 Å². The van der Waals surface area contributed by atoms with Crippen LogP contribution in [-0.2, 0) is 4.89 Å². The number of rotatable bonds is 1. The van der Waals surface area contributed by atoms with E-state index in [1.807, 2.05) is 0 Å². The van der Waals surface area contributed by atoms with Gasteiger partial charge in [-0.15, -0.1) is 0 Å². The maximum Gasteiger partial charge on any atom is 0.378 e. The van der Waals surface area contributed by atoms with E-state index in [2.05, 4.69) is 14.9 Å². The van der Waals surface area contributed by atoms with Gasteiger partial charge in [-0.1, -0.05) is 0 Å². The lowest BCUT2D eigenvalue weighted by Crippen LogP contribution is -2.18. The molecule has 0 saturated heterocycles. The Morgan fingerprint density at radius 3 is 3.07 bits per heavy atom. The summed E-state index contributed by atoms with van der Waals surface area (Å²) < 4.78 is 0. The minimum Gasteiger partial charge on any atom is -0.320 e. The van der Waals surface area contributed by atoms with E-state index in [9.17, 15) is 9.59 Å². The van der Waals surface area contributed by atoms with Crippen LogP contribution in [-0.4, -0.2) is 21.2 Å². The van der Waals surface area contributed by atoms with Gasteiger partial charge in [0.05, 0.1) is 11.0 Å². The zero-order valence-corrected chi connectivity index (χ0v) is 7.43. The summed E-state index contributed by atoms with van der Waals surface area (Å²) in [5.41, 5.74) is 0.0349. The first-order valence-electron chi connectivity index (χ1n) is 4.06. The highest BCUT2D eigenvalue weighted by Gasteiger charge is 2.13. The fourth-order valence-electron chi connectivity index (χ4n) is 1.23. The van der Waals surface area contributed by atoms with Gasteiger partial charge in [-0.2, -0.15) is 5.26 Å². The first kappa shape index (κ1) is 9.35. The molecule has 0 radical (unpaired) electrons. The molecule has 0 unspecified atom stereocenters.